The molecule has 0 unspecified atom stereocenters. The molecule has 102 valence electrons. The average Bonchev–Trinajstić information content (AvgIpc) is 3.12. The summed E-state index contributed by atoms with van der Waals surface area (Å²) >= 11 is 0. The van der Waals surface area contributed by atoms with E-state index in [1.807, 2.05) is 0 Å². The summed E-state index contributed by atoms with van der Waals surface area (Å²) in [5.41, 5.74) is 12.2. The lowest BCUT2D eigenvalue weighted by molar-refractivity contribution is -0.120. The van der Waals surface area contributed by atoms with Gasteiger partial charge in [0.15, 0.2) is 5.78 Å². The molecule has 1 saturated carbocycles. The maximum Gasteiger partial charge on any atom is 0.167 e. The zero-order valence-corrected chi connectivity index (χ0v) is 12.2. The van der Waals surface area contributed by atoms with Gasteiger partial charge in [-0.15, -0.1) is 0 Å². The number of Topliss-reactive ketones (excluding diaryl/α,β-unsaturated/α-hetero) is 1. The molecule has 3 rings (SSSR count). The predicted molar refractivity (Wildman–Crippen MR) is 77.6 cm³/mol. The summed E-state index contributed by atoms with van der Waals surface area (Å²) in [7, 11) is 0. The molecule has 2 heteroatoms. The van der Waals surface area contributed by atoms with E-state index in [1.165, 1.54) is 35.1 Å². The first-order chi connectivity index (χ1) is 9.03. The fourth-order valence-corrected chi connectivity index (χ4v) is 3.96. The summed E-state index contributed by atoms with van der Waals surface area (Å²) in [6, 6.07) is 0. The van der Waals surface area contributed by atoms with E-state index in [9.17, 15) is 4.79 Å². The van der Waals surface area contributed by atoms with Crippen molar-refractivity contribution < 1.29 is 4.79 Å². The molecule has 0 aromatic heterocycles. The van der Waals surface area contributed by atoms with Crippen molar-refractivity contribution in [2.45, 2.75) is 46.5 Å². The van der Waals surface area contributed by atoms with Gasteiger partial charge in [0.05, 0.1) is 0 Å². The van der Waals surface area contributed by atoms with E-state index in [0.29, 0.717) is 12.3 Å². The van der Waals surface area contributed by atoms with Crippen molar-refractivity contribution >= 4 is 5.78 Å². The number of carbonyl (C=O) groups is 1. The third kappa shape index (κ3) is 1.62. The molecule has 0 bridgehead atoms. The number of allylic oxidation sites excluding steroid dienone is 6. The molecular formula is C17H23NO. The standard InChI is InChI=1S/C17H23NO/c1-10-9-14-15(13(10)5-4-8-18)11(2)17(6-7-17)12(3)16(14)19/h9,12H,4-8,18H2,1-3H3/t12-/m1/s1. The second kappa shape index (κ2) is 4.17. The number of ketones is 1. The lowest BCUT2D eigenvalue weighted by atomic mass is 9.70. The molecular weight excluding hydrogens is 234 g/mol. The van der Waals surface area contributed by atoms with Gasteiger partial charge in [0, 0.05) is 16.9 Å². The molecule has 0 amide bonds. The lowest BCUT2D eigenvalue weighted by Gasteiger charge is -2.32. The summed E-state index contributed by atoms with van der Waals surface area (Å²) in [4.78, 5) is 12.6. The minimum atomic E-state index is 0.171. The van der Waals surface area contributed by atoms with Crippen LogP contribution in [-0.2, 0) is 4.79 Å². The predicted octanol–water partition coefficient (Wildman–Crippen LogP) is 3.30. The van der Waals surface area contributed by atoms with Crippen LogP contribution in [0.3, 0.4) is 0 Å². The van der Waals surface area contributed by atoms with Crippen LogP contribution in [0, 0.1) is 11.3 Å². The average molecular weight is 257 g/mol. The monoisotopic (exact) mass is 257 g/mol. The van der Waals surface area contributed by atoms with Gasteiger partial charge in [-0.25, -0.2) is 0 Å². The Labute approximate surface area is 115 Å². The van der Waals surface area contributed by atoms with Crippen LogP contribution in [0.5, 0.6) is 0 Å². The first-order valence-corrected chi connectivity index (χ1v) is 7.41. The molecule has 2 nitrogen and oxygen atoms in total. The minimum absolute atomic E-state index is 0.171. The number of hydrogen-bond acceptors (Lipinski definition) is 2. The topological polar surface area (TPSA) is 43.1 Å². The van der Waals surface area contributed by atoms with Gasteiger partial charge in [0.25, 0.3) is 0 Å². The number of fused-ring (bicyclic) bond motifs is 1. The Kier molecular flexibility index (Phi) is 2.82. The van der Waals surface area contributed by atoms with E-state index in [4.69, 9.17) is 5.73 Å². The van der Waals surface area contributed by atoms with Gasteiger partial charge in [0.1, 0.15) is 0 Å². The van der Waals surface area contributed by atoms with Crippen molar-refractivity contribution in [3.63, 3.8) is 0 Å². The van der Waals surface area contributed by atoms with E-state index >= 15 is 0 Å². The SMILES string of the molecule is CC1=C(CCCN)C2=C(C)C3(CC3)[C@H](C)C(=O)C2=C1. The van der Waals surface area contributed by atoms with Gasteiger partial charge in [-0.1, -0.05) is 12.5 Å². The molecule has 3 aliphatic carbocycles. The Hall–Kier alpha value is -1.15. The van der Waals surface area contributed by atoms with Gasteiger partial charge in [-0.3, -0.25) is 4.79 Å². The largest absolute Gasteiger partial charge is 0.330 e. The summed E-state index contributed by atoms with van der Waals surface area (Å²) in [5, 5.41) is 0. The van der Waals surface area contributed by atoms with Gasteiger partial charge in [-0.2, -0.15) is 0 Å². The molecule has 0 aromatic rings. The molecule has 1 fully saturated rings. The van der Waals surface area contributed by atoms with Crippen molar-refractivity contribution in [3.05, 3.63) is 33.9 Å². The van der Waals surface area contributed by atoms with Crippen LogP contribution in [0.4, 0.5) is 0 Å². The van der Waals surface area contributed by atoms with Crippen LogP contribution in [0.15, 0.2) is 33.9 Å². The molecule has 2 N–H and O–H groups in total. The maximum absolute atomic E-state index is 12.6. The zero-order chi connectivity index (χ0) is 13.8. The molecule has 19 heavy (non-hydrogen) atoms. The highest BCUT2D eigenvalue weighted by atomic mass is 16.1. The van der Waals surface area contributed by atoms with Crippen molar-refractivity contribution in [1.82, 2.24) is 0 Å². The molecule has 3 aliphatic rings. The summed E-state index contributed by atoms with van der Waals surface area (Å²) in [6.07, 6.45) is 6.49. The quantitative estimate of drug-likeness (QED) is 0.843. The zero-order valence-electron chi connectivity index (χ0n) is 12.2. The van der Waals surface area contributed by atoms with E-state index in [0.717, 1.165) is 18.4 Å². The smallest absolute Gasteiger partial charge is 0.167 e. The van der Waals surface area contributed by atoms with Crippen molar-refractivity contribution in [2.75, 3.05) is 6.54 Å². The molecule has 0 heterocycles. The van der Waals surface area contributed by atoms with E-state index in [-0.39, 0.29) is 11.3 Å². The maximum atomic E-state index is 12.6. The second-order valence-electron chi connectivity index (χ2n) is 6.35. The molecule has 0 radical (unpaired) electrons. The molecule has 0 saturated heterocycles. The first-order valence-electron chi connectivity index (χ1n) is 7.41. The van der Waals surface area contributed by atoms with Crippen LogP contribution in [0.25, 0.3) is 0 Å². The number of nitrogens with two attached hydrogens (primary N) is 1. The third-order valence-corrected chi connectivity index (χ3v) is 5.44. The summed E-state index contributed by atoms with van der Waals surface area (Å²) in [5.74, 6) is 0.532. The van der Waals surface area contributed by atoms with Crippen LogP contribution in [0.2, 0.25) is 0 Å². The Morgan fingerprint density at radius 3 is 2.63 bits per heavy atom. The number of carbonyl (C=O) groups excluding carboxylic acids is 1. The second-order valence-corrected chi connectivity index (χ2v) is 6.35. The van der Waals surface area contributed by atoms with E-state index in [1.54, 1.807) is 0 Å². The van der Waals surface area contributed by atoms with Crippen molar-refractivity contribution in [1.29, 1.82) is 0 Å². The fraction of sp³-hybridized carbons (Fsp3) is 0.588. The molecule has 0 aromatic carbocycles. The lowest BCUT2D eigenvalue weighted by Crippen LogP contribution is -2.31. The molecule has 0 aliphatic heterocycles. The van der Waals surface area contributed by atoms with Crippen LogP contribution in [0.1, 0.15) is 46.5 Å². The highest BCUT2D eigenvalue weighted by molar-refractivity contribution is 6.07. The normalized spacial score (nSPS) is 28.1. The van der Waals surface area contributed by atoms with Gasteiger partial charge >= 0.3 is 0 Å². The van der Waals surface area contributed by atoms with Gasteiger partial charge < -0.3 is 5.73 Å². The van der Waals surface area contributed by atoms with Crippen LogP contribution >= 0.6 is 0 Å². The highest BCUT2D eigenvalue weighted by Gasteiger charge is 2.56. The Morgan fingerprint density at radius 2 is 2.05 bits per heavy atom. The van der Waals surface area contributed by atoms with E-state index < -0.39 is 0 Å². The number of rotatable bonds is 3. The highest BCUT2D eigenvalue weighted by Crippen LogP contribution is 2.63. The molecule has 1 spiro atoms. The number of hydrogen-bond donors (Lipinski definition) is 1. The molecule has 1 atom stereocenters. The van der Waals surface area contributed by atoms with Crippen LogP contribution in [-0.4, -0.2) is 12.3 Å². The first kappa shape index (κ1) is 12.9. The Bertz CT molecular complexity index is 544. The Balaban J connectivity index is 2.08. The summed E-state index contributed by atoms with van der Waals surface area (Å²) in [6.45, 7) is 7.22. The van der Waals surface area contributed by atoms with Gasteiger partial charge in [-0.05, 0) is 68.9 Å². The minimum Gasteiger partial charge on any atom is -0.330 e. The third-order valence-electron chi connectivity index (χ3n) is 5.44. The summed E-state index contributed by atoms with van der Waals surface area (Å²) < 4.78 is 0. The van der Waals surface area contributed by atoms with Crippen molar-refractivity contribution in [3.8, 4) is 0 Å². The van der Waals surface area contributed by atoms with Crippen LogP contribution < -0.4 is 5.73 Å². The van der Waals surface area contributed by atoms with Crippen molar-refractivity contribution in [2.24, 2.45) is 17.1 Å². The Morgan fingerprint density at radius 1 is 1.37 bits per heavy atom. The fourth-order valence-electron chi connectivity index (χ4n) is 3.96. The van der Waals surface area contributed by atoms with Gasteiger partial charge in [0.2, 0.25) is 0 Å². The van der Waals surface area contributed by atoms with E-state index in [2.05, 4.69) is 26.8 Å².